The van der Waals surface area contributed by atoms with Gasteiger partial charge in [-0.2, -0.15) is 5.10 Å². The quantitative estimate of drug-likeness (QED) is 0.648. The van der Waals surface area contributed by atoms with Crippen LogP contribution in [0.1, 0.15) is 17.3 Å². The average Bonchev–Trinajstić information content (AvgIpc) is 2.69. The first-order valence-electron chi connectivity index (χ1n) is 5.29. The third-order valence-electron chi connectivity index (χ3n) is 1.96. The number of halogens is 1. The van der Waals surface area contributed by atoms with E-state index in [1.165, 1.54) is 10.9 Å². The van der Waals surface area contributed by atoms with Crippen LogP contribution in [0.2, 0.25) is 0 Å². The summed E-state index contributed by atoms with van der Waals surface area (Å²) in [7, 11) is 1.58. The van der Waals surface area contributed by atoms with Crippen LogP contribution in [0.4, 0.5) is 10.6 Å². The van der Waals surface area contributed by atoms with E-state index in [0.29, 0.717) is 0 Å². The molecule has 0 spiro atoms. The molecule has 0 aromatic carbocycles. The molecule has 0 fully saturated rings. The minimum Gasteiger partial charge on any atom is -0.462 e. The highest BCUT2D eigenvalue weighted by molar-refractivity contribution is 6.18. The zero-order valence-electron chi connectivity index (χ0n) is 10.1. The number of carbonyl (C=O) groups is 2. The standard InChI is InChI=1S/C10H14ClN3O4/c1-3-17-9(15)7-6-12-14(2)8(7)13-10(16)18-5-4-11/h6H,3-5H2,1-2H3,(H,13,16). The number of esters is 1. The third kappa shape index (κ3) is 3.63. The molecule has 100 valence electrons. The molecule has 1 amide bonds. The SMILES string of the molecule is CCOC(=O)c1cnn(C)c1NC(=O)OCCCl. The minimum absolute atomic E-state index is 0.0833. The summed E-state index contributed by atoms with van der Waals surface area (Å²) in [4.78, 5) is 23.0. The number of rotatable bonds is 5. The maximum absolute atomic E-state index is 11.6. The molecule has 0 aliphatic rings. The number of nitrogens with zero attached hydrogens (tertiary/aromatic N) is 2. The Balaban J connectivity index is 2.78. The van der Waals surface area contributed by atoms with Gasteiger partial charge in [-0.25, -0.2) is 9.59 Å². The third-order valence-corrected chi connectivity index (χ3v) is 2.12. The van der Waals surface area contributed by atoms with Crippen molar-refractivity contribution in [1.82, 2.24) is 9.78 Å². The first-order chi connectivity index (χ1) is 8.60. The zero-order valence-corrected chi connectivity index (χ0v) is 10.9. The lowest BCUT2D eigenvalue weighted by atomic mass is 10.3. The van der Waals surface area contributed by atoms with Crippen LogP contribution >= 0.6 is 11.6 Å². The smallest absolute Gasteiger partial charge is 0.412 e. The predicted molar refractivity (Wildman–Crippen MR) is 64.9 cm³/mol. The van der Waals surface area contributed by atoms with Gasteiger partial charge in [0.15, 0.2) is 0 Å². The number of alkyl halides is 1. The van der Waals surface area contributed by atoms with Crippen molar-refractivity contribution < 1.29 is 19.1 Å². The van der Waals surface area contributed by atoms with E-state index in [0.717, 1.165) is 0 Å². The molecule has 0 saturated carbocycles. The highest BCUT2D eigenvalue weighted by Gasteiger charge is 2.19. The number of hydrogen-bond donors (Lipinski definition) is 1. The highest BCUT2D eigenvalue weighted by Crippen LogP contribution is 2.15. The Morgan fingerprint density at radius 2 is 2.22 bits per heavy atom. The van der Waals surface area contributed by atoms with Gasteiger partial charge < -0.3 is 9.47 Å². The zero-order chi connectivity index (χ0) is 13.5. The van der Waals surface area contributed by atoms with Crippen molar-refractivity contribution in [2.24, 2.45) is 7.05 Å². The van der Waals surface area contributed by atoms with E-state index in [1.54, 1.807) is 14.0 Å². The summed E-state index contributed by atoms with van der Waals surface area (Å²) >= 11 is 5.39. The van der Waals surface area contributed by atoms with E-state index in [1.807, 2.05) is 0 Å². The van der Waals surface area contributed by atoms with Crippen LogP contribution in [0.5, 0.6) is 0 Å². The lowest BCUT2D eigenvalue weighted by Gasteiger charge is -2.08. The summed E-state index contributed by atoms with van der Waals surface area (Å²) < 4.78 is 10.9. The molecule has 0 saturated heterocycles. The van der Waals surface area contributed by atoms with Crippen molar-refractivity contribution in [2.45, 2.75) is 6.92 Å². The van der Waals surface area contributed by atoms with Crippen LogP contribution in [0.25, 0.3) is 0 Å². The maximum atomic E-state index is 11.6. The van der Waals surface area contributed by atoms with E-state index >= 15 is 0 Å². The second kappa shape index (κ2) is 6.85. The Hall–Kier alpha value is -1.76. The molecule has 1 aromatic rings. The Morgan fingerprint density at radius 1 is 1.50 bits per heavy atom. The van der Waals surface area contributed by atoms with Crippen molar-refractivity contribution in [2.75, 3.05) is 24.4 Å². The van der Waals surface area contributed by atoms with Gasteiger partial charge in [0.1, 0.15) is 18.0 Å². The molecule has 0 aliphatic heterocycles. The van der Waals surface area contributed by atoms with Crippen LogP contribution in [0.3, 0.4) is 0 Å². The lowest BCUT2D eigenvalue weighted by Crippen LogP contribution is -2.19. The number of nitrogens with one attached hydrogen (secondary N) is 1. The summed E-state index contributed by atoms with van der Waals surface area (Å²) in [6.45, 7) is 2.01. The number of carbonyl (C=O) groups excluding carboxylic acids is 2. The summed E-state index contributed by atoms with van der Waals surface area (Å²) in [6.07, 6.45) is 0.611. The predicted octanol–water partition coefficient (Wildman–Crippen LogP) is 1.38. The summed E-state index contributed by atoms with van der Waals surface area (Å²) in [5, 5.41) is 6.29. The fraction of sp³-hybridized carbons (Fsp3) is 0.500. The van der Waals surface area contributed by atoms with Gasteiger partial charge in [0.2, 0.25) is 0 Å². The largest absolute Gasteiger partial charge is 0.462 e. The number of hydrogen-bond acceptors (Lipinski definition) is 5. The Bertz CT molecular complexity index is 433. The van der Waals surface area contributed by atoms with Gasteiger partial charge >= 0.3 is 12.1 Å². The molecule has 1 aromatic heterocycles. The normalized spacial score (nSPS) is 9.94. The molecule has 1 rings (SSSR count). The van der Waals surface area contributed by atoms with Crippen LogP contribution in [-0.4, -0.2) is 40.9 Å². The van der Waals surface area contributed by atoms with Crippen LogP contribution < -0.4 is 5.32 Å². The van der Waals surface area contributed by atoms with Crippen molar-refractivity contribution in [3.63, 3.8) is 0 Å². The van der Waals surface area contributed by atoms with Crippen LogP contribution in [-0.2, 0) is 16.5 Å². The van der Waals surface area contributed by atoms with Gasteiger partial charge in [0.25, 0.3) is 0 Å². The molecule has 7 nitrogen and oxygen atoms in total. The Labute approximate surface area is 109 Å². The van der Waals surface area contributed by atoms with Crippen molar-refractivity contribution >= 4 is 29.5 Å². The molecular formula is C10H14ClN3O4. The second-order valence-corrected chi connectivity index (χ2v) is 3.58. The van der Waals surface area contributed by atoms with E-state index in [9.17, 15) is 9.59 Å². The molecule has 0 atom stereocenters. The molecule has 0 unspecified atom stereocenters. The van der Waals surface area contributed by atoms with E-state index in [4.69, 9.17) is 21.1 Å². The monoisotopic (exact) mass is 275 g/mol. The van der Waals surface area contributed by atoms with E-state index < -0.39 is 12.1 Å². The van der Waals surface area contributed by atoms with Crippen molar-refractivity contribution in [3.05, 3.63) is 11.8 Å². The van der Waals surface area contributed by atoms with Gasteiger partial charge in [-0.3, -0.25) is 10.00 Å². The molecular weight excluding hydrogens is 262 g/mol. The van der Waals surface area contributed by atoms with Crippen molar-refractivity contribution in [3.8, 4) is 0 Å². The Morgan fingerprint density at radius 3 is 2.83 bits per heavy atom. The number of aryl methyl sites for hydroxylation is 1. The first-order valence-corrected chi connectivity index (χ1v) is 5.82. The average molecular weight is 276 g/mol. The number of ether oxygens (including phenoxy) is 2. The second-order valence-electron chi connectivity index (χ2n) is 3.20. The highest BCUT2D eigenvalue weighted by atomic mass is 35.5. The number of aromatic nitrogens is 2. The number of anilines is 1. The minimum atomic E-state index is -0.704. The number of amides is 1. The van der Waals surface area contributed by atoms with Gasteiger partial charge in [-0.05, 0) is 6.92 Å². The lowest BCUT2D eigenvalue weighted by molar-refractivity contribution is 0.0527. The van der Waals surface area contributed by atoms with Gasteiger partial charge in [0.05, 0.1) is 18.7 Å². The molecule has 8 heteroatoms. The summed E-state index contributed by atoms with van der Waals surface area (Å²) in [6, 6.07) is 0. The molecule has 1 N–H and O–H groups in total. The van der Waals surface area contributed by atoms with E-state index in [-0.39, 0.29) is 30.5 Å². The van der Waals surface area contributed by atoms with Gasteiger partial charge in [-0.1, -0.05) is 0 Å². The van der Waals surface area contributed by atoms with E-state index in [2.05, 4.69) is 10.4 Å². The maximum Gasteiger partial charge on any atom is 0.412 e. The summed E-state index contributed by atoms with van der Waals surface area (Å²) in [5.41, 5.74) is 0.169. The first kappa shape index (κ1) is 14.3. The summed E-state index contributed by atoms with van der Waals surface area (Å²) in [5.74, 6) is -0.143. The van der Waals surface area contributed by atoms with Crippen LogP contribution in [0, 0.1) is 0 Å². The van der Waals surface area contributed by atoms with Crippen molar-refractivity contribution in [1.29, 1.82) is 0 Å². The topological polar surface area (TPSA) is 82.5 Å². The molecule has 0 radical (unpaired) electrons. The Kier molecular flexibility index (Phi) is 5.44. The fourth-order valence-electron chi connectivity index (χ4n) is 1.21. The molecule has 1 heterocycles. The van der Waals surface area contributed by atoms with Gasteiger partial charge in [0, 0.05) is 7.05 Å². The van der Waals surface area contributed by atoms with Crippen LogP contribution in [0.15, 0.2) is 6.20 Å². The van der Waals surface area contributed by atoms with Gasteiger partial charge in [-0.15, -0.1) is 11.6 Å². The molecule has 18 heavy (non-hydrogen) atoms. The molecule has 0 bridgehead atoms. The molecule has 0 aliphatic carbocycles. The fourth-order valence-corrected chi connectivity index (χ4v) is 1.29.